The van der Waals surface area contributed by atoms with Crippen LogP contribution in [0, 0.1) is 0 Å². The highest BCUT2D eigenvalue weighted by Crippen LogP contribution is 2.32. The Morgan fingerprint density at radius 1 is 1.50 bits per heavy atom. The lowest BCUT2D eigenvalue weighted by atomic mass is 10.1. The molecule has 0 saturated heterocycles. The van der Waals surface area contributed by atoms with Crippen molar-refractivity contribution in [3.63, 3.8) is 0 Å². The lowest BCUT2D eigenvalue weighted by Gasteiger charge is -2.21. The molecule has 5 nitrogen and oxygen atoms in total. The van der Waals surface area contributed by atoms with Gasteiger partial charge in [0, 0.05) is 16.9 Å². The van der Waals surface area contributed by atoms with Gasteiger partial charge in [0.05, 0.1) is 29.6 Å². The number of nitrogens with two attached hydrogens (primary N) is 2. The second kappa shape index (κ2) is 4.81. The van der Waals surface area contributed by atoms with Gasteiger partial charge < -0.3 is 16.4 Å². The summed E-state index contributed by atoms with van der Waals surface area (Å²) in [4.78, 5) is 17.0. The molecule has 4 N–H and O–H groups in total. The van der Waals surface area contributed by atoms with Crippen LogP contribution in [-0.4, -0.2) is 24.5 Å². The van der Waals surface area contributed by atoms with Gasteiger partial charge in [-0.15, -0.1) is 0 Å². The number of hydrogen-bond donors (Lipinski definition) is 2. The zero-order valence-electron chi connectivity index (χ0n) is 9.85. The molecule has 2 aromatic rings. The van der Waals surface area contributed by atoms with Gasteiger partial charge in [-0.3, -0.25) is 9.78 Å². The van der Waals surface area contributed by atoms with Crippen LogP contribution in [0.25, 0.3) is 10.9 Å². The van der Waals surface area contributed by atoms with Crippen LogP contribution in [-0.2, 0) is 4.79 Å². The largest absolute Gasteiger partial charge is 0.396 e. The number of primary amides is 1. The number of nitrogens with zero attached hydrogens (tertiary/aromatic N) is 2. The molecule has 0 aliphatic rings. The van der Waals surface area contributed by atoms with Crippen LogP contribution in [0.1, 0.15) is 0 Å². The van der Waals surface area contributed by atoms with Crippen molar-refractivity contribution in [1.29, 1.82) is 0 Å². The normalized spacial score (nSPS) is 10.6. The van der Waals surface area contributed by atoms with Gasteiger partial charge in [-0.05, 0) is 18.2 Å². The predicted octanol–water partition coefficient (Wildman–Crippen LogP) is 1.50. The zero-order valence-corrected chi connectivity index (χ0v) is 11.4. The van der Waals surface area contributed by atoms with E-state index in [0.29, 0.717) is 5.69 Å². The van der Waals surface area contributed by atoms with Crippen molar-refractivity contribution >= 4 is 44.1 Å². The van der Waals surface area contributed by atoms with E-state index in [1.165, 1.54) is 0 Å². The topological polar surface area (TPSA) is 85.2 Å². The third-order valence-electron chi connectivity index (χ3n) is 2.60. The van der Waals surface area contributed by atoms with Crippen molar-refractivity contribution in [2.75, 3.05) is 24.2 Å². The van der Waals surface area contributed by atoms with Gasteiger partial charge in [0.25, 0.3) is 0 Å². The fraction of sp³-hybridized carbons (Fsp3) is 0.167. The summed E-state index contributed by atoms with van der Waals surface area (Å²) in [6.45, 7) is 0.107. The Balaban J connectivity index is 2.63. The van der Waals surface area contributed by atoms with Crippen molar-refractivity contribution in [3.05, 3.63) is 28.9 Å². The monoisotopic (exact) mass is 308 g/mol. The molecule has 6 heteroatoms. The Bertz CT molecular complexity index is 609. The first-order valence-electron chi connectivity index (χ1n) is 5.32. The van der Waals surface area contributed by atoms with Gasteiger partial charge in [0.15, 0.2) is 0 Å². The molecule has 0 aliphatic carbocycles. The minimum Gasteiger partial charge on any atom is -0.396 e. The number of rotatable bonds is 3. The molecule has 0 aliphatic heterocycles. The fourth-order valence-electron chi connectivity index (χ4n) is 1.91. The fourth-order valence-corrected chi connectivity index (χ4v) is 2.27. The molecule has 1 aromatic carbocycles. The summed E-state index contributed by atoms with van der Waals surface area (Å²) in [6.07, 6.45) is 1.59. The van der Waals surface area contributed by atoms with Crippen molar-refractivity contribution in [3.8, 4) is 0 Å². The van der Waals surface area contributed by atoms with Crippen LogP contribution in [0.4, 0.5) is 11.4 Å². The van der Waals surface area contributed by atoms with Gasteiger partial charge in [-0.25, -0.2) is 0 Å². The van der Waals surface area contributed by atoms with Crippen LogP contribution < -0.4 is 16.4 Å². The molecule has 0 spiro atoms. The minimum atomic E-state index is -0.406. The Morgan fingerprint density at radius 2 is 2.22 bits per heavy atom. The Morgan fingerprint density at radius 3 is 2.89 bits per heavy atom. The van der Waals surface area contributed by atoms with E-state index in [4.69, 9.17) is 11.5 Å². The molecule has 0 saturated carbocycles. The summed E-state index contributed by atoms with van der Waals surface area (Å²) in [5.41, 5.74) is 13.3. The molecule has 0 unspecified atom stereocenters. The second-order valence-electron chi connectivity index (χ2n) is 4.05. The lowest BCUT2D eigenvalue weighted by Crippen LogP contribution is -2.31. The third-order valence-corrected chi connectivity index (χ3v) is 3.10. The van der Waals surface area contributed by atoms with E-state index in [0.717, 1.165) is 21.1 Å². The van der Waals surface area contributed by atoms with E-state index in [2.05, 4.69) is 20.9 Å². The minimum absolute atomic E-state index is 0.107. The van der Waals surface area contributed by atoms with E-state index in [1.807, 2.05) is 18.2 Å². The van der Waals surface area contributed by atoms with Crippen LogP contribution in [0.3, 0.4) is 0 Å². The average molecular weight is 309 g/mol. The number of amides is 1. The van der Waals surface area contributed by atoms with Crippen LogP contribution >= 0.6 is 15.9 Å². The van der Waals surface area contributed by atoms with Crippen molar-refractivity contribution in [2.45, 2.75) is 0 Å². The summed E-state index contributed by atoms with van der Waals surface area (Å²) < 4.78 is 0.927. The standard InChI is InChI=1S/C12H13BrN4O/c1-17(6-11(15)18)12-8-4-7(13)2-3-10(8)16-5-9(12)14/h2-5H,6,14H2,1H3,(H2,15,18). The zero-order chi connectivity index (χ0) is 13.3. The number of benzene rings is 1. The Kier molecular flexibility index (Phi) is 3.38. The summed E-state index contributed by atoms with van der Waals surface area (Å²) in [5.74, 6) is -0.406. The summed E-state index contributed by atoms with van der Waals surface area (Å²) in [6, 6.07) is 5.72. The molecule has 1 aromatic heterocycles. The quantitative estimate of drug-likeness (QED) is 0.900. The van der Waals surface area contributed by atoms with Gasteiger partial charge >= 0.3 is 0 Å². The van der Waals surface area contributed by atoms with E-state index >= 15 is 0 Å². The van der Waals surface area contributed by atoms with Gasteiger partial charge in [-0.1, -0.05) is 15.9 Å². The molecule has 18 heavy (non-hydrogen) atoms. The lowest BCUT2D eigenvalue weighted by molar-refractivity contribution is -0.116. The maximum Gasteiger partial charge on any atom is 0.236 e. The molecule has 0 radical (unpaired) electrons. The predicted molar refractivity (Wildman–Crippen MR) is 76.3 cm³/mol. The van der Waals surface area contributed by atoms with Crippen molar-refractivity contribution in [1.82, 2.24) is 4.98 Å². The first-order chi connectivity index (χ1) is 8.49. The summed E-state index contributed by atoms with van der Waals surface area (Å²) in [5, 5.41) is 0.883. The molecule has 1 heterocycles. The maximum atomic E-state index is 11.0. The number of hydrogen-bond acceptors (Lipinski definition) is 4. The van der Waals surface area contributed by atoms with E-state index in [-0.39, 0.29) is 6.54 Å². The number of fused-ring (bicyclic) bond motifs is 1. The molecule has 0 atom stereocenters. The average Bonchev–Trinajstić information content (AvgIpc) is 2.27. The van der Waals surface area contributed by atoms with Crippen LogP contribution in [0.15, 0.2) is 28.9 Å². The number of likely N-dealkylation sites (N-methyl/N-ethyl adjacent to an activating group) is 1. The van der Waals surface area contributed by atoms with Gasteiger partial charge in [-0.2, -0.15) is 0 Å². The molecular weight excluding hydrogens is 296 g/mol. The molecule has 2 rings (SSSR count). The van der Waals surface area contributed by atoms with Gasteiger partial charge in [0.2, 0.25) is 5.91 Å². The first kappa shape index (κ1) is 12.6. The number of carbonyl (C=O) groups excluding carboxylic acids is 1. The molecule has 94 valence electrons. The van der Waals surface area contributed by atoms with E-state index in [1.54, 1.807) is 18.1 Å². The van der Waals surface area contributed by atoms with E-state index in [9.17, 15) is 4.79 Å². The smallest absolute Gasteiger partial charge is 0.236 e. The number of carbonyl (C=O) groups is 1. The highest BCUT2D eigenvalue weighted by Gasteiger charge is 2.13. The van der Waals surface area contributed by atoms with E-state index < -0.39 is 5.91 Å². The molecule has 1 amide bonds. The SMILES string of the molecule is CN(CC(N)=O)c1c(N)cnc2ccc(Br)cc12. The third kappa shape index (κ3) is 2.38. The molecule has 0 bridgehead atoms. The number of pyridine rings is 1. The number of halogens is 1. The maximum absolute atomic E-state index is 11.0. The van der Waals surface area contributed by atoms with Crippen molar-refractivity contribution < 1.29 is 4.79 Å². The highest BCUT2D eigenvalue weighted by molar-refractivity contribution is 9.10. The van der Waals surface area contributed by atoms with Gasteiger partial charge in [0.1, 0.15) is 0 Å². The first-order valence-corrected chi connectivity index (χ1v) is 6.11. The molecule has 0 fully saturated rings. The highest BCUT2D eigenvalue weighted by atomic mass is 79.9. The molecular formula is C12H13BrN4O. The summed E-state index contributed by atoms with van der Waals surface area (Å²) in [7, 11) is 1.77. The van der Waals surface area contributed by atoms with Crippen LogP contribution in [0.2, 0.25) is 0 Å². The van der Waals surface area contributed by atoms with Crippen LogP contribution in [0.5, 0.6) is 0 Å². The van der Waals surface area contributed by atoms with Crippen molar-refractivity contribution in [2.24, 2.45) is 5.73 Å². The number of anilines is 2. The Labute approximate surface area is 113 Å². The second-order valence-corrected chi connectivity index (χ2v) is 4.96. The Hall–Kier alpha value is -1.82. The number of nitrogen functional groups attached to an aromatic ring is 1. The summed E-state index contributed by atoms with van der Waals surface area (Å²) >= 11 is 3.41. The number of aromatic nitrogens is 1.